The average molecular weight is 273 g/mol. The Morgan fingerprint density at radius 3 is 2.45 bits per heavy atom. The van der Waals surface area contributed by atoms with Crippen molar-refractivity contribution in [2.24, 2.45) is 0 Å². The molecule has 0 radical (unpaired) electrons. The van der Waals surface area contributed by atoms with E-state index in [0.717, 1.165) is 11.1 Å². The minimum absolute atomic E-state index is 0.447. The smallest absolute Gasteiger partial charge is 0.160 e. The Labute approximate surface area is 119 Å². The van der Waals surface area contributed by atoms with Crippen LogP contribution in [-0.2, 0) is 12.8 Å². The number of aromatic nitrogens is 1. The first-order valence-corrected chi connectivity index (χ1v) is 6.50. The maximum absolute atomic E-state index is 10.1. The van der Waals surface area contributed by atoms with Crippen molar-refractivity contribution < 1.29 is 14.6 Å². The molecule has 0 spiro atoms. The fraction of sp³-hybridized carbons (Fsp3) is 0.312. The van der Waals surface area contributed by atoms with Gasteiger partial charge in [-0.15, -0.1) is 0 Å². The fourth-order valence-electron chi connectivity index (χ4n) is 2.14. The van der Waals surface area contributed by atoms with E-state index in [0.29, 0.717) is 24.3 Å². The summed E-state index contributed by atoms with van der Waals surface area (Å²) in [4.78, 5) is 4.05. The lowest BCUT2D eigenvalue weighted by Crippen LogP contribution is -2.14. The lowest BCUT2D eigenvalue weighted by Gasteiger charge is -2.13. The van der Waals surface area contributed by atoms with Crippen LogP contribution < -0.4 is 9.47 Å². The van der Waals surface area contributed by atoms with Crippen molar-refractivity contribution in [3.63, 3.8) is 0 Å². The predicted octanol–water partition coefficient (Wildman–Crippen LogP) is 2.24. The first-order valence-electron chi connectivity index (χ1n) is 6.50. The molecule has 20 heavy (non-hydrogen) atoms. The molecule has 0 aliphatic rings. The molecule has 0 aliphatic heterocycles. The molecule has 2 aromatic rings. The molecule has 2 rings (SSSR count). The van der Waals surface area contributed by atoms with Crippen molar-refractivity contribution in [1.82, 2.24) is 4.98 Å². The van der Waals surface area contributed by atoms with Crippen molar-refractivity contribution in [2.45, 2.75) is 18.9 Å². The van der Waals surface area contributed by atoms with Crippen LogP contribution in [0.1, 0.15) is 11.1 Å². The van der Waals surface area contributed by atoms with Crippen LogP contribution >= 0.6 is 0 Å². The zero-order valence-corrected chi connectivity index (χ0v) is 11.7. The second-order valence-electron chi connectivity index (χ2n) is 4.61. The summed E-state index contributed by atoms with van der Waals surface area (Å²) >= 11 is 0. The number of hydrogen-bond donors (Lipinski definition) is 1. The molecule has 1 aromatic heterocycles. The van der Waals surface area contributed by atoms with Crippen LogP contribution in [0.3, 0.4) is 0 Å². The molecular formula is C16H19NO3. The summed E-state index contributed by atoms with van der Waals surface area (Å²) < 4.78 is 10.5. The summed E-state index contributed by atoms with van der Waals surface area (Å²) in [6.07, 6.45) is 4.21. The van der Waals surface area contributed by atoms with Gasteiger partial charge in [0.2, 0.25) is 0 Å². The van der Waals surface area contributed by atoms with Gasteiger partial charge in [0, 0.05) is 18.8 Å². The lowest BCUT2D eigenvalue weighted by atomic mass is 10.0. The van der Waals surface area contributed by atoms with E-state index in [9.17, 15) is 5.11 Å². The minimum atomic E-state index is -0.447. The molecule has 1 unspecified atom stereocenters. The van der Waals surface area contributed by atoms with Crippen LogP contribution in [-0.4, -0.2) is 30.4 Å². The van der Waals surface area contributed by atoms with Gasteiger partial charge in [-0.2, -0.15) is 0 Å². The normalized spacial score (nSPS) is 11.9. The Morgan fingerprint density at radius 2 is 1.80 bits per heavy atom. The van der Waals surface area contributed by atoms with E-state index >= 15 is 0 Å². The molecule has 0 saturated heterocycles. The van der Waals surface area contributed by atoms with Gasteiger partial charge in [-0.25, -0.2) is 0 Å². The second-order valence-corrected chi connectivity index (χ2v) is 4.61. The highest BCUT2D eigenvalue weighted by Crippen LogP contribution is 2.28. The summed E-state index contributed by atoms with van der Waals surface area (Å²) in [7, 11) is 3.21. The molecule has 4 heteroatoms. The molecule has 1 N–H and O–H groups in total. The van der Waals surface area contributed by atoms with Gasteiger partial charge in [0.15, 0.2) is 11.5 Å². The number of methoxy groups -OCH3 is 2. The number of aliphatic hydroxyl groups is 1. The standard InChI is InChI=1S/C16H19NO3/c1-19-15-6-5-12(10-16(15)20-2)8-14(18)9-13-4-3-7-17-11-13/h3-7,10-11,14,18H,8-9H2,1-2H3. The molecule has 106 valence electrons. The number of pyridine rings is 1. The van der Waals surface area contributed by atoms with Gasteiger partial charge in [0.25, 0.3) is 0 Å². The van der Waals surface area contributed by atoms with Crippen molar-refractivity contribution in [2.75, 3.05) is 14.2 Å². The molecule has 0 aliphatic carbocycles. The summed E-state index contributed by atoms with van der Waals surface area (Å²) in [5.41, 5.74) is 2.04. The summed E-state index contributed by atoms with van der Waals surface area (Å²) in [5.74, 6) is 1.37. The molecule has 1 atom stereocenters. The van der Waals surface area contributed by atoms with Gasteiger partial charge < -0.3 is 14.6 Å². The van der Waals surface area contributed by atoms with Crippen LogP contribution in [0, 0.1) is 0 Å². The van der Waals surface area contributed by atoms with Gasteiger partial charge in [-0.1, -0.05) is 12.1 Å². The van der Waals surface area contributed by atoms with Gasteiger partial charge >= 0.3 is 0 Å². The Kier molecular flexibility index (Phi) is 4.96. The molecule has 4 nitrogen and oxygen atoms in total. The molecule has 1 heterocycles. The fourth-order valence-corrected chi connectivity index (χ4v) is 2.14. The largest absolute Gasteiger partial charge is 0.493 e. The second kappa shape index (κ2) is 6.91. The molecule has 0 bridgehead atoms. The zero-order chi connectivity index (χ0) is 14.4. The Hall–Kier alpha value is -2.07. The maximum atomic E-state index is 10.1. The summed E-state index contributed by atoms with van der Waals surface area (Å²) in [6, 6.07) is 9.52. The van der Waals surface area contributed by atoms with E-state index in [-0.39, 0.29) is 0 Å². The third-order valence-corrected chi connectivity index (χ3v) is 3.11. The highest BCUT2D eigenvalue weighted by atomic mass is 16.5. The van der Waals surface area contributed by atoms with Crippen LogP contribution in [0.5, 0.6) is 11.5 Å². The van der Waals surface area contributed by atoms with Crippen LogP contribution in [0.2, 0.25) is 0 Å². The Bertz CT molecular complexity index is 543. The number of rotatable bonds is 6. The Balaban J connectivity index is 2.02. The van der Waals surface area contributed by atoms with Gasteiger partial charge in [-0.3, -0.25) is 4.98 Å². The number of aliphatic hydroxyl groups excluding tert-OH is 1. The van der Waals surface area contributed by atoms with Crippen LogP contribution in [0.4, 0.5) is 0 Å². The summed E-state index contributed by atoms with van der Waals surface area (Å²) in [6.45, 7) is 0. The maximum Gasteiger partial charge on any atom is 0.160 e. The predicted molar refractivity (Wildman–Crippen MR) is 77.2 cm³/mol. The van der Waals surface area contributed by atoms with Gasteiger partial charge in [-0.05, 0) is 35.7 Å². The van der Waals surface area contributed by atoms with E-state index in [2.05, 4.69) is 4.98 Å². The van der Waals surface area contributed by atoms with Crippen molar-refractivity contribution in [3.8, 4) is 11.5 Å². The van der Waals surface area contributed by atoms with Gasteiger partial charge in [0.05, 0.1) is 20.3 Å². The van der Waals surface area contributed by atoms with Gasteiger partial charge in [0.1, 0.15) is 0 Å². The zero-order valence-electron chi connectivity index (χ0n) is 11.7. The summed E-state index contributed by atoms with van der Waals surface area (Å²) in [5, 5.41) is 10.1. The highest BCUT2D eigenvalue weighted by Gasteiger charge is 2.10. The highest BCUT2D eigenvalue weighted by molar-refractivity contribution is 5.43. The van der Waals surface area contributed by atoms with Crippen molar-refractivity contribution >= 4 is 0 Å². The third-order valence-electron chi connectivity index (χ3n) is 3.11. The third kappa shape index (κ3) is 3.71. The van der Waals surface area contributed by atoms with E-state index in [1.807, 2.05) is 30.3 Å². The number of hydrogen-bond acceptors (Lipinski definition) is 4. The number of benzene rings is 1. The monoisotopic (exact) mass is 273 g/mol. The average Bonchev–Trinajstić information content (AvgIpc) is 2.48. The lowest BCUT2D eigenvalue weighted by molar-refractivity contribution is 0.175. The van der Waals surface area contributed by atoms with Crippen LogP contribution in [0.25, 0.3) is 0 Å². The van der Waals surface area contributed by atoms with Crippen molar-refractivity contribution in [1.29, 1.82) is 0 Å². The molecular weight excluding hydrogens is 254 g/mol. The van der Waals surface area contributed by atoms with Crippen molar-refractivity contribution in [3.05, 3.63) is 53.9 Å². The number of nitrogens with zero attached hydrogens (tertiary/aromatic N) is 1. The van der Waals surface area contributed by atoms with E-state index in [1.165, 1.54) is 0 Å². The van der Waals surface area contributed by atoms with E-state index in [1.54, 1.807) is 26.6 Å². The SMILES string of the molecule is COc1ccc(CC(O)Cc2cccnc2)cc1OC. The first kappa shape index (κ1) is 14.3. The topological polar surface area (TPSA) is 51.6 Å². The molecule has 1 aromatic carbocycles. The minimum Gasteiger partial charge on any atom is -0.493 e. The molecule has 0 fully saturated rings. The first-order chi connectivity index (χ1) is 9.72. The van der Waals surface area contributed by atoms with Crippen LogP contribution in [0.15, 0.2) is 42.7 Å². The van der Waals surface area contributed by atoms with E-state index in [4.69, 9.17) is 9.47 Å². The Morgan fingerprint density at radius 1 is 1.05 bits per heavy atom. The quantitative estimate of drug-likeness (QED) is 0.877. The number of ether oxygens (including phenoxy) is 2. The molecule has 0 amide bonds. The van der Waals surface area contributed by atoms with E-state index < -0.39 is 6.10 Å². The molecule has 0 saturated carbocycles.